The lowest BCUT2D eigenvalue weighted by Crippen LogP contribution is -2.38. The lowest BCUT2D eigenvalue weighted by molar-refractivity contribution is 0.211. The minimum Gasteiger partial charge on any atom is -0.392 e. The molecule has 116 valence electrons. The van der Waals surface area contributed by atoms with Crippen molar-refractivity contribution in [3.8, 4) is 0 Å². The van der Waals surface area contributed by atoms with Gasteiger partial charge in [0.1, 0.15) is 5.82 Å². The molecule has 0 atom stereocenters. The van der Waals surface area contributed by atoms with Crippen LogP contribution in [0.1, 0.15) is 24.0 Å². The quantitative estimate of drug-likeness (QED) is 0.891. The van der Waals surface area contributed by atoms with Crippen LogP contribution in [0.5, 0.6) is 0 Å². The maximum Gasteiger partial charge on any atom is 0.126 e. The van der Waals surface area contributed by atoms with Gasteiger partial charge in [-0.2, -0.15) is 0 Å². The number of pyridine rings is 1. The number of piperidine rings is 1. The number of hydrogen-bond donors (Lipinski definition) is 2. The first kappa shape index (κ1) is 15.0. The van der Waals surface area contributed by atoms with E-state index in [2.05, 4.69) is 45.5 Å². The molecule has 0 saturated carbocycles. The molecule has 2 heterocycles. The van der Waals surface area contributed by atoms with Crippen LogP contribution in [0.3, 0.4) is 0 Å². The molecule has 2 aromatic rings. The van der Waals surface area contributed by atoms with Crippen LogP contribution in [0, 0.1) is 0 Å². The third kappa shape index (κ3) is 4.06. The summed E-state index contributed by atoms with van der Waals surface area (Å²) in [6.45, 7) is 3.31. The van der Waals surface area contributed by atoms with E-state index >= 15 is 0 Å². The molecule has 1 aliphatic heterocycles. The van der Waals surface area contributed by atoms with E-state index in [1.807, 2.05) is 12.1 Å². The fourth-order valence-corrected chi connectivity index (χ4v) is 2.89. The Balaban J connectivity index is 1.47. The molecule has 1 saturated heterocycles. The molecule has 0 amide bonds. The molecule has 1 aromatic heterocycles. The monoisotopic (exact) mass is 297 g/mol. The molecule has 0 radical (unpaired) electrons. The van der Waals surface area contributed by atoms with Gasteiger partial charge in [0.25, 0.3) is 0 Å². The van der Waals surface area contributed by atoms with Crippen LogP contribution in [-0.4, -0.2) is 34.1 Å². The van der Waals surface area contributed by atoms with Crippen molar-refractivity contribution in [1.29, 1.82) is 0 Å². The van der Waals surface area contributed by atoms with Crippen molar-refractivity contribution in [2.45, 2.75) is 32.0 Å². The molecule has 22 heavy (non-hydrogen) atoms. The van der Waals surface area contributed by atoms with Crippen LogP contribution in [-0.2, 0) is 13.2 Å². The van der Waals surface area contributed by atoms with Gasteiger partial charge in [0.15, 0.2) is 0 Å². The Kier molecular flexibility index (Phi) is 5.03. The highest BCUT2D eigenvalue weighted by Gasteiger charge is 2.19. The van der Waals surface area contributed by atoms with Gasteiger partial charge in [-0.1, -0.05) is 36.4 Å². The van der Waals surface area contributed by atoms with Gasteiger partial charge in [-0.05, 0) is 30.0 Å². The van der Waals surface area contributed by atoms with Crippen LogP contribution in [0.25, 0.3) is 0 Å². The molecular weight excluding hydrogens is 274 g/mol. The van der Waals surface area contributed by atoms with E-state index in [-0.39, 0.29) is 6.61 Å². The second kappa shape index (κ2) is 7.38. The fourth-order valence-electron chi connectivity index (χ4n) is 2.89. The summed E-state index contributed by atoms with van der Waals surface area (Å²) in [5.74, 6) is 0.902. The number of nitrogens with zero attached hydrogens (tertiary/aromatic N) is 2. The Hall–Kier alpha value is -1.91. The molecule has 0 aliphatic carbocycles. The minimum absolute atomic E-state index is 0.0468. The van der Waals surface area contributed by atoms with Crippen LogP contribution in [0.15, 0.2) is 48.7 Å². The number of rotatable bonds is 5. The summed E-state index contributed by atoms with van der Waals surface area (Å²) in [6, 6.07) is 15.0. The summed E-state index contributed by atoms with van der Waals surface area (Å²) in [6.07, 6.45) is 4.00. The SMILES string of the molecule is OCc1ccc(NC2CCN(Cc3ccccc3)CC2)nc1. The van der Waals surface area contributed by atoms with E-state index in [1.54, 1.807) is 6.20 Å². The van der Waals surface area contributed by atoms with Crippen molar-refractivity contribution in [3.63, 3.8) is 0 Å². The maximum atomic E-state index is 9.03. The Bertz CT molecular complexity index is 563. The highest BCUT2D eigenvalue weighted by molar-refractivity contribution is 5.36. The number of likely N-dealkylation sites (tertiary alicyclic amines) is 1. The van der Waals surface area contributed by atoms with Crippen LogP contribution < -0.4 is 5.32 Å². The number of aliphatic hydroxyl groups is 1. The summed E-state index contributed by atoms with van der Waals surface area (Å²) < 4.78 is 0. The number of hydrogen-bond acceptors (Lipinski definition) is 4. The second-order valence-corrected chi connectivity index (χ2v) is 5.89. The maximum absolute atomic E-state index is 9.03. The van der Waals surface area contributed by atoms with Crippen molar-refractivity contribution in [2.75, 3.05) is 18.4 Å². The zero-order chi connectivity index (χ0) is 15.2. The Labute approximate surface area is 131 Å². The highest BCUT2D eigenvalue weighted by Crippen LogP contribution is 2.17. The van der Waals surface area contributed by atoms with E-state index in [9.17, 15) is 0 Å². The van der Waals surface area contributed by atoms with Crippen molar-refractivity contribution in [2.24, 2.45) is 0 Å². The Morgan fingerprint density at radius 2 is 1.82 bits per heavy atom. The number of aliphatic hydroxyl groups excluding tert-OH is 1. The fraction of sp³-hybridized carbons (Fsp3) is 0.389. The summed E-state index contributed by atoms with van der Waals surface area (Å²) in [5.41, 5.74) is 2.23. The molecule has 4 heteroatoms. The Morgan fingerprint density at radius 3 is 2.45 bits per heavy atom. The number of nitrogens with one attached hydrogen (secondary N) is 1. The molecule has 0 spiro atoms. The molecule has 1 aliphatic rings. The molecule has 0 unspecified atom stereocenters. The summed E-state index contributed by atoms with van der Waals surface area (Å²) in [5, 5.41) is 12.5. The predicted molar refractivity (Wildman–Crippen MR) is 88.5 cm³/mol. The topological polar surface area (TPSA) is 48.4 Å². The van der Waals surface area contributed by atoms with E-state index in [4.69, 9.17) is 5.11 Å². The molecule has 0 bridgehead atoms. The average Bonchev–Trinajstić information content (AvgIpc) is 2.58. The van der Waals surface area contributed by atoms with Gasteiger partial charge in [-0.3, -0.25) is 4.90 Å². The first-order valence-electron chi connectivity index (χ1n) is 7.92. The van der Waals surface area contributed by atoms with E-state index in [1.165, 1.54) is 5.56 Å². The van der Waals surface area contributed by atoms with Gasteiger partial charge in [-0.25, -0.2) is 4.98 Å². The third-order valence-corrected chi connectivity index (χ3v) is 4.20. The highest BCUT2D eigenvalue weighted by atomic mass is 16.3. The zero-order valence-corrected chi connectivity index (χ0v) is 12.8. The molecule has 2 N–H and O–H groups in total. The van der Waals surface area contributed by atoms with Gasteiger partial charge in [0, 0.05) is 31.9 Å². The van der Waals surface area contributed by atoms with Gasteiger partial charge >= 0.3 is 0 Å². The van der Waals surface area contributed by atoms with E-state index in [0.717, 1.165) is 43.9 Å². The van der Waals surface area contributed by atoms with Gasteiger partial charge in [0.05, 0.1) is 6.61 Å². The van der Waals surface area contributed by atoms with E-state index < -0.39 is 0 Å². The lowest BCUT2D eigenvalue weighted by atomic mass is 10.0. The van der Waals surface area contributed by atoms with Gasteiger partial charge in [0.2, 0.25) is 0 Å². The summed E-state index contributed by atoms with van der Waals surface area (Å²) in [7, 11) is 0. The first-order chi connectivity index (χ1) is 10.8. The number of aromatic nitrogens is 1. The van der Waals surface area contributed by atoms with Crippen molar-refractivity contribution in [3.05, 3.63) is 59.8 Å². The lowest BCUT2D eigenvalue weighted by Gasteiger charge is -2.32. The minimum atomic E-state index is 0.0468. The summed E-state index contributed by atoms with van der Waals surface area (Å²) >= 11 is 0. The van der Waals surface area contributed by atoms with Crippen molar-refractivity contribution < 1.29 is 5.11 Å². The van der Waals surface area contributed by atoms with Gasteiger partial charge in [-0.15, -0.1) is 0 Å². The number of benzene rings is 1. The van der Waals surface area contributed by atoms with Crippen molar-refractivity contribution >= 4 is 5.82 Å². The average molecular weight is 297 g/mol. The third-order valence-electron chi connectivity index (χ3n) is 4.20. The summed E-state index contributed by atoms with van der Waals surface area (Å²) in [4.78, 5) is 6.86. The normalized spacial score (nSPS) is 16.6. The van der Waals surface area contributed by atoms with Crippen LogP contribution in [0.4, 0.5) is 5.82 Å². The van der Waals surface area contributed by atoms with Gasteiger partial charge < -0.3 is 10.4 Å². The second-order valence-electron chi connectivity index (χ2n) is 5.89. The smallest absolute Gasteiger partial charge is 0.126 e. The first-order valence-corrected chi connectivity index (χ1v) is 7.92. The largest absolute Gasteiger partial charge is 0.392 e. The van der Waals surface area contributed by atoms with E-state index in [0.29, 0.717) is 6.04 Å². The van der Waals surface area contributed by atoms with Crippen LogP contribution >= 0.6 is 0 Å². The molecule has 1 aromatic carbocycles. The molecule has 3 rings (SSSR count). The molecule has 1 fully saturated rings. The number of anilines is 1. The zero-order valence-electron chi connectivity index (χ0n) is 12.8. The standard InChI is InChI=1S/C18H23N3O/c22-14-16-6-7-18(19-12-16)20-17-8-10-21(11-9-17)13-15-4-2-1-3-5-15/h1-7,12,17,22H,8-11,13-14H2,(H,19,20). The molecular formula is C18H23N3O. The van der Waals surface area contributed by atoms with Crippen LogP contribution in [0.2, 0.25) is 0 Å². The Morgan fingerprint density at radius 1 is 1.05 bits per heavy atom. The molecule has 4 nitrogen and oxygen atoms in total. The predicted octanol–water partition coefficient (Wildman–Crippen LogP) is 2.65. The van der Waals surface area contributed by atoms with Crippen molar-refractivity contribution in [1.82, 2.24) is 9.88 Å².